The molecule has 0 atom stereocenters. The largest absolute Gasteiger partial charge is 0.486 e. The van der Waals surface area contributed by atoms with Gasteiger partial charge < -0.3 is 19.4 Å². The zero-order chi connectivity index (χ0) is 28.1. The molecule has 2 aromatic carbocycles. The van der Waals surface area contributed by atoms with Gasteiger partial charge in [-0.3, -0.25) is 4.79 Å². The maximum absolute atomic E-state index is 12.9. The Morgan fingerprint density at radius 3 is 2.51 bits per heavy atom. The zero-order valence-corrected chi connectivity index (χ0v) is 24.5. The predicted octanol–water partition coefficient (Wildman–Crippen LogP) is 6.38. The maximum Gasteiger partial charge on any atom is 0.341 e. The molecule has 204 valence electrons. The van der Waals surface area contributed by atoms with Crippen molar-refractivity contribution in [2.75, 3.05) is 18.2 Å². The lowest BCUT2D eigenvalue weighted by molar-refractivity contribution is -0.113. The fraction of sp³-hybridized carbons (Fsp3) is 0.310. The second-order valence-corrected chi connectivity index (χ2v) is 11.3. The van der Waals surface area contributed by atoms with E-state index in [1.165, 1.54) is 35.8 Å². The van der Waals surface area contributed by atoms with Gasteiger partial charge in [0, 0.05) is 18.0 Å². The Labute approximate surface area is 236 Å². The number of methoxy groups -OCH3 is 1. The SMILES string of the molecule is COC(=O)c1c(-c2cc(C)ccc2C)csc1NC(=O)CSc1nnc(COc2ccc(C(C)C)cc2)n1C. The highest BCUT2D eigenvalue weighted by Crippen LogP contribution is 2.38. The third kappa shape index (κ3) is 6.69. The summed E-state index contributed by atoms with van der Waals surface area (Å²) >= 11 is 2.56. The Kier molecular flexibility index (Phi) is 9.08. The van der Waals surface area contributed by atoms with Gasteiger partial charge in [0.15, 0.2) is 11.0 Å². The molecule has 0 saturated heterocycles. The molecule has 39 heavy (non-hydrogen) atoms. The van der Waals surface area contributed by atoms with E-state index < -0.39 is 5.97 Å². The summed E-state index contributed by atoms with van der Waals surface area (Å²) in [5.41, 5.74) is 5.40. The predicted molar refractivity (Wildman–Crippen MR) is 156 cm³/mol. The number of thioether (sulfide) groups is 1. The number of benzene rings is 2. The highest BCUT2D eigenvalue weighted by molar-refractivity contribution is 7.99. The van der Waals surface area contributed by atoms with Gasteiger partial charge in [0.05, 0.1) is 12.9 Å². The lowest BCUT2D eigenvalue weighted by atomic mass is 9.97. The van der Waals surface area contributed by atoms with Crippen molar-refractivity contribution in [1.82, 2.24) is 14.8 Å². The van der Waals surface area contributed by atoms with Crippen LogP contribution in [0.3, 0.4) is 0 Å². The van der Waals surface area contributed by atoms with Crippen molar-refractivity contribution in [2.45, 2.75) is 45.4 Å². The molecule has 1 N–H and O–H groups in total. The smallest absolute Gasteiger partial charge is 0.341 e. The van der Waals surface area contributed by atoms with Crippen LogP contribution in [0.5, 0.6) is 5.75 Å². The van der Waals surface area contributed by atoms with Crippen molar-refractivity contribution in [1.29, 1.82) is 0 Å². The average molecular weight is 565 g/mol. The Hall–Kier alpha value is -3.63. The molecule has 0 aliphatic rings. The summed E-state index contributed by atoms with van der Waals surface area (Å²) < 4.78 is 12.7. The van der Waals surface area contributed by atoms with Gasteiger partial charge in [-0.05, 0) is 48.6 Å². The Balaban J connectivity index is 1.40. The van der Waals surface area contributed by atoms with E-state index in [4.69, 9.17) is 9.47 Å². The lowest BCUT2D eigenvalue weighted by Crippen LogP contribution is -2.16. The molecule has 0 fully saturated rings. The topological polar surface area (TPSA) is 95.3 Å². The molecule has 0 aliphatic carbocycles. The number of aromatic nitrogens is 3. The molecular weight excluding hydrogens is 532 g/mol. The van der Waals surface area contributed by atoms with Gasteiger partial charge in [-0.15, -0.1) is 21.5 Å². The van der Waals surface area contributed by atoms with Gasteiger partial charge in [0.2, 0.25) is 5.91 Å². The van der Waals surface area contributed by atoms with Crippen molar-refractivity contribution in [3.8, 4) is 16.9 Å². The summed E-state index contributed by atoms with van der Waals surface area (Å²) in [7, 11) is 3.18. The van der Waals surface area contributed by atoms with Crippen LogP contribution in [0.15, 0.2) is 53.0 Å². The number of hydrogen-bond acceptors (Lipinski definition) is 8. The Bertz CT molecular complexity index is 1480. The molecule has 1 amide bonds. The fourth-order valence-corrected chi connectivity index (χ4v) is 5.66. The standard InChI is InChI=1S/C29H32N4O4S2/c1-17(2)20-9-11-21(12-10-20)37-14-24-31-32-29(33(24)5)39-16-25(34)30-27-26(28(35)36-6)23(15-38-27)22-13-18(3)7-8-19(22)4/h7-13,15,17H,14,16H2,1-6H3,(H,30,34). The number of aryl methyl sites for hydroxylation is 2. The molecule has 10 heteroatoms. The van der Waals surface area contributed by atoms with E-state index in [0.717, 1.165) is 28.0 Å². The molecule has 0 bridgehead atoms. The maximum atomic E-state index is 12.9. The normalized spacial score (nSPS) is 11.1. The third-order valence-electron chi connectivity index (χ3n) is 6.29. The summed E-state index contributed by atoms with van der Waals surface area (Å²) in [6.45, 7) is 8.55. The number of thiophene rings is 1. The van der Waals surface area contributed by atoms with Gasteiger partial charge >= 0.3 is 5.97 Å². The van der Waals surface area contributed by atoms with E-state index in [1.54, 1.807) is 0 Å². The molecule has 0 spiro atoms. The first-order valence-corrected chi connectivity index (χ1v) is 14.4. The van der Waals surface area contributed by atoms with E-state index in [9.17, 15) is 9.59 Å². The minimum absolute atomic E-state index is 0.0980. The van der Waals surface area contributed by atoms with E-state index in [0.29, 0.717) is 27.5 Å². The van der Waals surface area contributed by atoms with Crippen molar-refractivity contribution in [3.63, 3.8) is 0 Å². The van der Waals surface area contributed by atoms with Crippen LogP contribution in [0.4, 0.5) is 5.00 Å². The molecule has 0 unspecified atom stereocenters. The number of carbonyl (C=O) groups excluding carboxylic acids is 2. The zero-order valence-electron chi connectivity index (χ0n) is 22.9. The number of hydrogen-bond donors (Lipinski definition) is 1. The Morgan fingerprint density at radius 2 is 1.82 bits per heavy atom. The van der Waals surface area contributed by atoms with Crippen LogP contribution in [-0.4, -0.2) is 39.5 Å². The number of ether oxygens (including phenoxy) is 2. The molecule has 4 aromatic rings. The molecule has 0 saturated carbocycles. The number of nitrogens with one attached hydrogen (secondary N) is 1. The minimum Gasteiger partial charge on any atom is -0.486 e. The van der Waals surface area contributed by atoms with Crippen LogP contribution in [0.1, 0.15) is 52.6 Å². The Morgan fingerprint density at radius 1 is 1.08 bits per heavy atom. The fourth-order valence-electron chi connectivity index (χ4n) is 3.96. The molecule has 4 rings (SSSR count). The van der Waals surface area contributed by atoms with E-state index in [2.05, 4.69) is 41.5 Å². The molecule has 0 radical (unpaired) electrons. The summed E-state index contributed by atoms with van der Waals surface area (Å²) in [4.78, 5) is 25.6. The van der Waals surface area contributed by atoms with Crippen LogP contribution < -0.4 is 10.1 Å². The summed E-state index contributed by atoms with van der Waals surface area (Å²) in [5.74, 6) is 1.21. The second-order valence-electron chi connectivity index (χ2n) is 9.47. The second kappa shape index (κ2) is 12.5. The van der Waals surface area contributed by atoms with Crippen LogP contribution in [-0.2, 0) is 23.2 Å². The summed E-state index contributed by atoms with van der Waals surface area (Å²) in [6.07, 6.45) is 0. The first kappa shape index (κ1) is 28.4. The number of esters is 1. The molecule has 0 aliphatic heterocycles. The molecular formula is C29H32N4O4S2. The van der Waals surface area contributed by atoms with Crippen molar-refractivity contribution in [2.24, 2.45) is 7.05 Å². The van der Waals surface area contributed by atoms with Crippen LogP contribution in [0, 0.1) is 13.8 Å². The average Bonchev–Trinajstić information content (AvgIpc) is 3.50. The molecule has 8 nitrogen and oxygen atoms in total. The number of anilines is 1. The van der Waals surface area contributed by atoms with Gasteiger partial charge in [0.1, 0.15) is 22.9 Å². The minimum atomic E-state index is -0.494. The molecule has 2 heterocycles. The van der Waals surface area contributed by atoms with Crippen molar-refractivity contribution >= 4 is 40.0 Å². The lowest BCUT2D eigenvalue weighted by Gasteiger charge is -2.10. The molecule has 2 aromatic heterocycles. The number of nitrogens with zero attached hydrogens (tertiary/aromatic N) is 3. The van der Waals surface area contributed by atoms with E-state index in [1.807, 2.05) is 61.2 Å². The quantitative estimate of drug-likeness (QED) is 0.176. The van der Waals surface area contributed by atoms with Gasteiger partial charge in [-0.2, -0.15) is 0 Å². The number of carbonyl (C=O) groups is 2. The highest BCUT2D eigenvalue weighted by atomic mass is 32.2. The number of rotatable bonds is 10. The summed E-state index contributed by atoms with van der Waals surface area (Å²) in [5, 5.41) is 14.2. The van der Waals surface area contributed by atoms with Crippen molar-refractivity contribution < 1.29 is 19.1 Å². The van der Waals surface area contributed by atoms with Crippen LogP contribution in [0.25, 0.3) is 11.1 Å². The van der Waals surface area contributed by atoms with Gasteiger partial charge in [-0.1, -0.05) is 61.5 Å². The highest BCUT2D eigenvalue weighted by Gasteiger charge is 2.23. The summed E-state index contributed by atoms with van der Waals surface area (Å²) in [6, 6.07) is 14.1. The monoisotopic (exact) mass is 564 g/mol. The van der Waals surface area contributed by atoms with Gasteiger partial charge in [-0.25, -0.2) is 4.79 Å². The first-order valence-electron chi connectivity index (χ1n) is 12.5. The van der Waals surface area contributed by atoms with Crippen LogP contribution in [0.2, 0.25) is 0 Å². The first-order chi connectivity index (χ1) is 18.7. The van der Waals surface area contributed by atoms with E-state index in [-0.39, 0.29) is 18.3 Å². The third-order valence-corrected chi connectivity index (χ3v) is 8.20. The van der Waals surface area contributed by atoms with E-state index >= 15 is 0 Å². The number of amides is 1. The van der Waals surface area contributed by atoms with Crippen molar-refractivity contribution in [3.05, 3.63) is 75.9 Å². The van der Waals surface area contributed by atoms with Gasteiger partial charge in [0.25, 0.3) is 0 Å². The van der Waals surface area contributed by atoms with Crippen LogP contribution >= 0.6 is 23.1 Å².